The molecule has 0 saturated carbocycles. The van der Waals surface area contributed by atoms with Gasteiger partial charge in [0.1, 0.15) is 12.6 Å². The summed E-state index contributed by atoms with van der Waals surface area (Å²) in [6.07, 6.45) is 1.67. The smallest absolute Gasteiger partial charge is 0.244 e. The quantitative estimate of drug-likeness (QED) is 0.323. The number of hydrogen-bond acceptors (Lipinski definition) is 4. The second-order valence-corrected chi connectivity index (χ2v) is 11.9. The van der Waals surface area contributed by atoms with Crippen molar-refractivity contribution in [3.63, 3.8) is 0 Å². The van der Waals surface area contributed by atoms with Crippen molar-refractivity contribution in [2.24, 2.45) is 0 Å². The zero-order valence-corrected chi connectivity index (χ0v) is 24.1. The summed E-state index contributed by atoms with van der Waals surface area (Å²) < 4.78 is 53.7. The minimum absolute atomic E-state index is 0.0554. The fourth-order valence-electron chi connectivity index (χ4n) is 4.08. The molecule has 11 heteroatoms. The van der Waals surface area contributed by atoms with Crippen LogP contribution < -0.4 is 9.62 Å². The average molecular weight is 592 g/mol. The van der Waals surface area contributed by atoms with Crippen molar-refractivity contribution in [1.29, 1.82) is 0 Å². The molecule has 0 saturated heterocycles. The van der Waals surface area contributed by atoms with Gasteiger partial charge >= 0.3 is 0 Å². The van der Waals surface area contributed by atoms with Gasteiger partial charge in [-0.2, -0.15) is 0 Å². The lowest BCUT2D eigenvalue weighted by molar-refractivity contribution is -0.140. The number of hydrogen-bond donors (Lipinski definition) is 1. The van der Waals surface area contributed by atoms with Crippen LogP contribution in [0.1, 0.15) is 31.4 Å². The SMILES string of the molecule is CCC(C)NC(=O)C(Cc1ccccc1)N(Cc1cccc(Cl)c1)C(=O)CN(c1ccc(F)c(F)c1)S(C)(=O)=O. The first kappa shape index (κ1) is 31.0. The maximum atomic E-state index is 14.0. The molecule has 0 aliphatic carbocycles. The minimum atomic E-state index is -4.11. The van der Waals surface area contributed by atoms with Crippen molar-refractivity contribution < 1.29 is 26.8 Å². The van der Waals surface area contributed by atoms with Crippen LogP contribution in [0.3, 0.4) is 0 Å². The van der Waals surface area contributed by atoms with Gasteiger partial charge in [0.2, 0.25) is 21.8 Å². The Kier molecular flexibility index (Phi) is 10.6. The first-order valence-corrected chi connectivity index (χ1v) is 14.9. The van der Waals surface area contributed by atoms with E-state index in [1.807, 2.05) is 44.2 Å². The molecule has 0 spiro atoms. The van der Waals surface area contributed by atoms with Crippen LogP contribution in [-0.2, 0) is 32.6 Å². The summed E-state index contributed by atoms with van der Waals surface area (Å²) in [5, 5.41) is 3.35. The van der Waals surface area contributed by atoms with E-state index in [1.165, 1.54) is 4.90 Å². The Morgan fingerprint density at radius 1 is 0.950 bits per heavy atom. The van der Waals surface area contributed by atoms with E-state index in [0.29, 0.717) is 27.4 Å². The van der Waals surface area contributed by atoms with Crippen molar-refractivity contribution in [3.8, 4) is 0 Å². The first-order chi connectivity index (χ1) is 18.9. The van der Waals surface area contributed by atoms with Gasteiger partial charge in [-0.25, -0.2) is 17.2 Å². The van der Waals surface area contributed by atoms with E-state index < -0.39 is 46.1 Å². The number of halogens is 3. The molecule has 40 heavy (non-hydrogen) atoms. The third kappa shape index (κ3) is 8.50. The highest BCUT2D eigenvalue weighted by Crippen LogP contribution is 2.23. The van der Waals surface area contributed by atoms with Gasteiger partial charge in [0.15, 0.2) is 11.6 Å². The zero-order valence-electron chi connectivity index (χ0n) is 22.5. The van der Waals surface area contributed by atoms with Gasteiger partial charge in [-0.15, -0.1) is 0 Å². The summed E-state index contributed by atoms with van der Waals surface area (Å²) >= 11 is 6.18. The van der Waals surface area contributed by atoms with E-state index in [0.717, 1.165) is 24.0 Å². The van der Waals surface area contributed by atoms with Gasteiger partial charge in [-0.1, -0.05) is 61.0 Å². The number of anilines is 1. The number of rotatable bonds is 12. The molecule has 3 rings (SSSR count). The van der Waals surface area contributed by atoms with E-state index in [9.17, 15) is 26.8 Å². The second-order valence-electron chi connectivity index (χ2n) is 9.54. The second kappa shape index (κ2) is 13.7. The predicted molar refractivity (Wildman–Crippen MR) is 152 cm³/mol. The normalized spacial score (nSPS) is 12.8. The third-order valence-corrected chi connectivity index (χ3v) is 7.76. The highest BCUT2D eigenvalue weighted by molar-refractivity contribution is 7.92. The van der Waals surface area contributed by atoms with Crippen molar-refractivity contribution in [2.75, 3.05) is 17.1 Å². The summed E-state index contributed by atoms with van der Waals surface area (Å²) in [7, 11) is -4.11. The molecular formula is C29H32ClF2N3O4S. The Balaban J connectivity index is 2.07. The summed E-state index contributed by atoms with van der Waals surface area (Å²) in [6.45, 7) is 2.96. The van der Waals surface area contributed by atoms with Gasteiger partial charge < -0.3 is 10.2 Å². The topological polar surface area (TPSA) is 86.8 Å². The maximum Gasteiger partial charge on any atom is 0.244 e. The molecule has 3 aromatic carbocycles. The lowest BCUT2D eigenvalue weighted by Crippen LogP contribution is -2.54. The van der Waals surface area contributed by atoms with Gasteiger partial charge in [-0.05, 0) is 48.7 Å². The predicted octanol–water partition coefficient (Wildman–Crippen LogP) is 4.94. The van der Waals surface area contributed by atoms with E-state index >= 15 is 0 Å². The van der Waals surface area contributed by atoms with Crippen LogP contribution in [0.25, 0.3) is 0 Å². The van der Waals surface area contributed by atoms with E-state index in [1.54, 1.807) is 24.3 Å². The first-order valence-electron chi connectivity index (χ1n) is 12.7. The number of nitrogens with one attached hydrogen (secondary N) is 1. The molecule has 0 aliphatic rings. The molecule has 2 unspecified atom stereocenters. The molecule has 0 fully saturated rings. The number of nitrogens with zero attached hydrogens (tertiary/aromatic N) is 2. The Labute approximate surface area is 238 Å². The van der Waals surface area contributed by atoms with Crippen LogP contribution in [-0.4, -0.2) is 50.0 Å². The summed E-state index contributed by atoms with van der Waals surface area (Å²) in [6, 6.07) is 17.3. The average Bonchev–Trinajstić information content (AvgIpc) is 2.90. The lowest BCUT2D eigenvalue weighted by atomic mass is 10.0. The Hall–Kier alpha value is -3.50. The van der Waals surface area contributed by atoms with E-state index in [4.69, 9.17) is 11.6 Å². The van der Waals surface area contributed by atoms with Crippen molar-refractivity contribution in [2.45, 2.75) is 45.3 Å². The summed E-state index contributed by atoms with van der Waals surface area (Å²) in [5.74, 6) is -3.54. The number of amides is 2. The molecule has 0 heterocycles. The highest BCUT2D eigenvalue weighted by atomic mass is 35.5. The van der Waals surface area contributed by atoms with Crippen molar-refractivity contribution in [1.82, 2.24) is 10.2 Å². The van der Waals surface area contributed by atoms with Crippen LogP contribution in [0.4, 0.5) is 14.5 Å². The molecular weight excluding hydrogens is 560 g/mol. The van der Waals surface area contributed by atoms with E-state index in [2.05, 4.69) is 5.32 Å². The molecule has 2 amide bonds. The van der Waals surface area contributed by atoms with Gasteiger partial charge in [0.25, 0.3) is 0 Å². The summed E-state index contributed by atoms with van der Waals surface area (Å²) in [4.78, 5) is 28.8. The maximum absolute atomic E-state index is 14.0. The molecule has 7 nitrogen and oxygen atoms in total. The number of sulfonamides is 1. The molecule has 2 atom stereocenters. The molecule has 0 bridgehead atoms. The fourth-order valence-corrected chi connectivity index (χ4v) is 5.14. The zero-order chi connectivity index (χ0) is 29.4. The van der Waals surface area contributed by atoms with E-state index in [-0.39, 0.29) is 24.7 Å². The standard InChI is InChI=1S/C29H32ClF2N3O4S/c1-4-20(2)33-29(37)27(16-21-9-6-5-7-10-21)34(18-22-11-8-12-23(30)15-22)28(36)19-35(40(3,38)39)24-13-14-25(31)26(32)17-24/h5-15,17,20,27H,4,16,18-19H2,1-3H3,(H,33,37). The monoisotopic (exact) mass is 591 g/mol. The fraction of sp³-hybridized carbons (Fsp3) is 0.310. The van der Waals surface area contributed by atoms with Gasteiger partial charge in [0, 0.05) is 30.1 Å². The third-order valence-electron chi connectivity index (χ3n) is 6.38. The number of carbonyl (C=O) groups is 2. The van der Waals surface area contributed by atoms with Crippen LogP contribution in [0, 0.1) is 11.6 Å². The van der Waals surface area contributed by atoms with Gasteiger partial charge in [-0.3, -0.25) is 13.9 Å². The Bertz CT molecular complexity index is 1440. The van der Waals surface area contributed by atoms with Crippen LogP contribution in [0.15, 0.2) is 72.8 Å². The molecule has 0 aromatic heterocycles. The Morgan fingerprint density at radius 2 is 1.62 bits per heavy atom. The molecule has 1 N–H and O–H groups in total. The van der Waals surface area contributed by atoms with Crippen molar-refractivity contribution >= 4 is 39.1 Å². The highest BCUT2D eigenvalue weighted by Gasteiger charge is 2.33. The van der Waals surface area contributed by atoms with Crippen molar-refractivity contribution in [3.05, 3.63) is 101 Å². The number of carbonyl (C=O) groups excluding carboxylic acids is 2. The largest absolute Gasteiger partial charge is 0.352 e. The molecule has 3 aromatic rings. The molecule has 0 aliphatic heterocycles. The number of benzene rings is 3. The minimum Gasteiger partial charge on any atom is -0.352 e. The van der Waals surface area contributed by atoms with Crippen LogP contribution >= 0.6 is 11.6 Å². The summed E-state index contributed by atoms with van der Waals surface area (Å²) in [5.41, 5.74) is 1.19. The Morgan fingerprint density at radius 3 is 2.23 bits per heavy atom. The van der Waals surface area contributed by atoms with Crippen LogP contribution in [0.5, 0.6) is 0 Å². The molecule has 0 radical (unpaired) electrons. The van der Waals surface area contributed by atoms with Gasteiger partial charge in [0.05, 0.1) is 11.9 Å². The molecule has 214 valence electrons. The lowest BCUT2D eigenvalue weighted by Gasteiger charge is -2.34. The van der Waals surface area contributed by atoms with Crippen LogP contribution in [0.2, 0.25) is 5.02 Å².